The van der Waals surface area contributed by atoms with Gasteiger partial charge < -0.3 is 9.15 Å². The molecule has 2 aromatic carbocycles. The molecule has 1 N–H and O–H groups in total. The van der Waals surface area contributed by atoms with Gasteiger partial charge in [0.05, 0.1) is 13.4 Å². The topological polar surface area (TPSA) is 64.4 Å². The molecule has 0 fully saturated rings. The van der Waals surface area contributed by atoms with E-state index in [4.69, 9.17) is 9.15 Å². The van der Waals surface area contributed by atoms with Gasteiger partial charge in [0.2, 0.25) is 5.91 Å². The Hall–Kier alpha value is -3.38. The Morgan fingerprint density at radius 3 is 2.72 bits per heavy atom. The number of nitrogens with zero attached hydrogens (tertiary/aromatic N) is 1. The van der Waals surface area contributed by atoms with Gasteiger partial charge in [-0.2, -0.15) is 0 Å². The molecule has 0 saturated heterocycles. The molecule has 0 atom stereocenters. The van der Waals surface area contributed by atoms with E-state index in [1.165, 1.54) is 16.9 Å². The minimum absolute atomic E-state index is 0.231. The number of aromatic nitrogens is 1. The number of carbonyl (C=O) groups excluding carboxylic acids is 1. The molecule has 0 aliphatic heterocycles. The van der Waals surface area contributed by atoms with Crippen molar-refractivity contribution in [3.8, 4) is 16.9 Å². The van der Waals surface area contributed by atoms with Gasteiger partial charge in [-0.15, -0.1) is 11.3 Å². The van der Waals surface area contributed by atoms with E-state index in [1.54, 1.807) is 25.6 Å². The van der Waals surface area contributed by atoms with Gasteiger partial charge in [-0.05, 0) is 31.1 Å². The number of aryl methyl sites for hydroxylation is 1. The number of methoxy groups -OCH3 is 1. The predicted molar refractivity (Wildman–Crippen MR) is 117 cm³/mol. The molecule has 1 amide bonds. The second kappa shape index (κ2) is 7.93. The lowest BCUT2D eigenvalue weighted by Crippen LogP contribution is -2.08. The highest BCUT2D eigenvalue weighted by Gasteiger charge is 2.15. The minimum atomic E-state index is -0.231. The number of furan rings is 1. The number of fused-ring (bicyclic) bond motifs is 1. The van der Waals surface area contributed by atoms with Crippen LogP contribution in [0.15, 0.2) is 64.7 Å². The number of anilines is 1. The number of hydrogen-bond donors (Lipinski definition) is 1. The molecule has 0 aliphatic carbocycles. The normalized spacial score (nSPS) is 11.6. The van der Waals surface area contributed by atoms with Crippen LogP contribution in [0.2, 0.25) is 0 Å². The maximum Gasteiger partial charge on any atom is 0.250 e. The predicted octanol–water partition coefficient (Wildman–Crippen LogP) is 5.92. The first kappa shape index (κ1) is 19.0. The standard InChI is InChI=1S/C23H20N2O3S/c1-14-4-6-16(7-5-14)19-13-28-21-12-20(27-3)17(11-18(19)21)15(2)10-22(26)25-23-24-8-9-29-23/h4-13H,1-3H3,(H,24,25,26)/b15-10+. The van der Waals surface area contributed by atoms with Crippen LogP contribution in [-0.2, 0) is 4.79 Å². The number of amides is 1. The molecule has 4 rings (SSSR count). The number of rotatable bonds is 5. The maximum atomic E-state index is 12.3. The first-order valence-corrected chi connectivity index (χ1v) is 9.98. The average Bonchev–Trinajstić information content (AvgIpc) is 3.36. The molecule has 0 bridgehead atoms. The number of thiazole rings is 1. The third kappa shape index (κ3) is 3.93. The lowest BCUT2D eigenvalue weighted by atomic mass is 9.99. The summed E-state index contributed by atoms with van der Waals surface area (Å²) in [5.74, 6) is 0.420. The summed E-state index contributed by atoms with van der Waals surface area (Å²) in [5, 5.41) is 6.12. The number of ether oxygens (including phenoxy) is 1. The molecule has 29 heavy (non-hydrogen) atoms. The number of allylic oxidation sites excluding steroid dienone is 1. The van der Waals surface area contributed by atoms with Crippen molar-refractivity contribution in [2.75, 3.05) is 12.4 Å². The third-order valence-electron chi connectivity index (χ3n) is 4.69. The molecule has 146 valence electrons. The zero-order valence-corrected chi connectivity index (χ0v) is 17.2. The Morgan fingerprint density at radius 1 is 1.24 bits per heavy atom. The summed E-state index contributed by atoms with van der Waals surface area (Å²) in [4.78, 5) is 16.4. The van der Waals surface area contributed by atoms with Crippen LogP contribution in [0.5, 0.6) is 5.75 Å². The van der Waals surface area contributed by atoms with Crippen molar-refractivity contribution in [1.29, 1.82) is 0 Å². The zero-order valence-electron chi connectivity index (χ0n) is 16.4. The van der Waals surface area contributed by atoms with Gasteiger partial charge in [0.1, 0.15) is 11.3 Å². The van der Waals surface area contributed by atoms with Gasteiger partial charge >= 0.3 is 0 Å². The second-order valence-electron chi connectivity index (χ2n) is 6.72. The van der Waals surface area contributed by atoms with Crippen LogP contribution in [-0.4, -0.2) is 18.0 Å². The summed E-state index contributed by atoms with van der Waals surface area (Å²) in [6.45, 7) is 3.95. The van der Waals surface area contributed by atoms with Crippen LogP contribution in [0.3, 0.4) is 0 Å². The quantitative estimate of drug-likeness (QED) is 0.420. The largest absolute Gasteiger partial charge is 0.496 e. The summed E-state index contributed by atoms with van der Waals surface area (Å²) in [7, 11) is 1.61. The average molecular weight is 404 g/mol. The van der Waals surface area contributed by atoms with Crippen LogP contribution in [0.4, 0.5) is 5.13 Å². The zero-order chi connectivity index (χ0) is 20.4. The van der Waals surface area contributed by atoms with Crippen LogP contribution in [0, 0.1) is 6.92 Å². The monoisotopic (exact) mass is 404 g/mol. The lowest BCUT2D eigenvalue weighted by Gasteiger charge is -2.10. The number of carbonyl (C=O) groups is 1. The van der Waals surface area contributed by atoms with Crippen molar-refractivity contribution < 1.29 is 13.9 Å². The van der Waals surface area contributed by atoms with Crippen LogP contribution >= 0.6 is 11.3 Å². The molecule has 0 radical (unpaired) electrons. The second-order valence-corrected chi connectivity index (χ2v) is 7.61. The van der Waals surface area contributed by atoms with Gasteiger partial charge in [-0.3, -0.25) is 10.1 Å². The minimum Gasteiger partial charge on any atom is -0.496 e. The highest BCUT2D eigenvalue weighted by atomic mass is 32.1. The molecular formula is C23H20N2O3S. The number of nitrogens with one attached hydrogen (secondary N) is 1. The van der Waals surface area contributed by atoms with Gasteiger partial charge in [0.25, 0.3) is 0 Å². The SMILES string of the molecule is COc1cc2occ(-c3ccc(C)cc3)c2cc1/C(C)=C/C(=O)Nc1nccs1. The fourth-order valence-corrected chi connectivity index (χ4v) is 3.72. The first-order chi connectivity index (χ1) is 14.0. The van der Waals surface area contributed by atoms with E-state index in [-0.39, 0.29) is 5.91 Å². The van der Waals surface area contributed by atoms with Gasteiger partial charge in [-0.25, -0.2) is 4.98 Å². The van der Waals surface area contributed by atoms with Crippen molar-refractivity contribution in [2.24, 2.45) is 0 Å². The molecule has 2 aromatic heterocycles. The van der Waals surface area contributed by atoms with E-state index < -0.39 is 0 Å². The van der Waals surface area contributed by atoms with Crippen LogP contribution < -0.4 is 10.1 Å². The van der Waals surface area contributed by atoms with E-state index in [0.29, 0.717) is 10.9 Å². The van der Waals surface area contributed by atoms with Gasteiger partial charge in [-0.1, -0.05) is 29.8 Å². The highest BCUT2D eigenvalue weighted by molar-refractivity contribution is 7.13. The fourth-order valence-electron chi connectivity index (χ4n) is 3.19. The molecule has 0 saturated carbocycles. The summed E-state index contributed by atoms with van der Waals surface area (Å²) in [5.41, 5.74) is 5.64. The smallest absolute Gasteiger partial charge is 0.250 e. The Balaban J connectivity index is 1.74. The first-order valence-electron chi connectivity index (χ1n) is 9.10. The van der Waals surface area contributed by atoms with Crippen molar-refractivity contribution in [3.63, 3.8) is 0 Å². The Bertz CT molecular complexity index is 1190. The molecule has 4 aromatic rings. The molecule has 6 heteroatoms. The third-order valence-corrected chi connectivity index (χ3v) is 5.38. The summed E-state index contributed by atoms with van der Waals surface area (Å²) in [6, 6.07) is 12.2. The Morgan fingerprint density at radius 2 is 2.03 bits per heavy atom. The van der Waals surface area contributed by atoms with Crippen molar-refractivity contribution in [3.05, 3.63) is 71.4 Å². The molecular weight excluding hydrogens is 384 g/mol. The summed E-state index contributed by atoms with van der Waals surface area (Å²) < 4.78 is 11.3. The Kier molecular flexibility index (Phi) is 5.18. The molecule has 5 nitrogen and oxygen atoms in total. The van der Waals surface area contributed by atoms with Gasteiger partial charge in [0.15, 0.2) is 5.13 Å². The molecule has 2 heterocycles. The summed E-state index contributed by atoms with van der Waals surface area (Å²) in [6.07, 6.45) is 4.96. The number of hydrogen-bond acceptors (Lipinski definition) is 5. The Labute approximate surface area is 172 Å². The highest BCUT2D eigenvalue weighted by Crippen LogP contribution is 2.37. The summed E-state index contributed by atoms with van der Waals surface area (Å²) >= 11 is 1.38. The fraction of sp³-hybridized carbons (Fsp3) is 0.130. The van der Waals surface area contributed by atoms with E-state index in [0.717, 1.165) is 33.2 Å². The van der Waals surface area contributed by atoms with Crippen molar-refractivity contribution in [2.45, 2.75) is 13.8 Å². The van der Waals surface area contributed by atoms with Crippen molar-refractivity contribution >= 4 is 38.9 Å². The van der Waals surface area contributed by atoms with E-state index >= 15 is 0 Å². The van der Waals surface area contributed by atoms with Crippen LogP contribution in [0.25, 0.3) is 27.7 Å². The maximum absolute atomic E-state index is 12.3. The lowest BCUT2D eigenvalue weighted by molar-refractivity contribution is -0.111. The molecule has 0 unspecified atom stereocenters. The molecule has 0 spiro atoms. The van der Waals surface area contributed by atoms with E-state index in [9.17, 15) is 4.79 Å². The van der Waals surface area contributed by atoms with Gasteiger partial charge in [0, 0.05) is 40.2 Å². The van der Waals surface area contributed by atoms with Crippen LogP contribution in [0.1, 0.15) is 18.1 Å². The van der Waals surface area contributed by atoms with Crippen molar-refractivity contribution in [1.82, 2.24) is 4.98 Å². The van der Waals surface area contributed by atoms with E-state index in [2.05, 4.69) is 41.5 Å². The van der Waals surface area contributed by atoms with E-state index in [1.807, 2.05) is 24.4 Å². The molecule has 0 aliphatic rings. The number of benzene rings is 2.